The van der Waals surface area contributed by atoms with Gasteiger partial charge in [-0.25, -0.2) is 0 Å². The number of nitrogens with zero attached hydrogens (tertiary/aromatic N) is 1. The van der Waals surface area contributed by atoms with Crippen molar-refractivity contribution in [2.24, 2.45) is 0 Å². The van der Waals surface area contributed by atoms with Crippen LogP contribution in [0.4, 0.5) is 0 Å². The number of fused-ring (bicyclic) bond motifs is 1. The van der Waals surface area contributed by atoms with Crippen LogP contribution in [0.1, 0.15) is 41.3 Å². The molecule has 1 atom stereocenters. The summed E-state index contributed by atoms with van der Waals surface area (Å²) in [7, 11) is 0. The molecule has 0 saturated heterocycles. The van der Waals surface area contributed by atoms with Crippen LogP contribution in [-0.4, -0.2) is 22.8 Å². The normalized spacial score (nSPS) is 14.3. The van der Waals surface area contributed by atoms with Crippen molar-refractivity contribution >= 4 is 23.4 Å². The number of rotatable bonds is 6. The first-order valence-electron chi connectivity index (χ1n) is 8.51. The predicted octanol–water partition coefficient (Wildman–Crippen LogP) is 3.78. The molecule has 0 saturated carbocycles. The van der Waals surface area contributed by atoms with Crippen molar-refractivity contribution in [3.8, 4) is 0 Å². The number of hydrogen-bond donors (Lipinski definition) is 1. The Balaban J connectivity index is 1.72. The molecule has 0 bridgehead atoms. The summed E-state index contributed by atoms with van der Waals surface area (Å²) in [5, 5.41) is 3.56. The molecule has 0 radical (unpaired) electrons. The second-order valence-electron chi connectivity index (χ2n) is 6.20. The average Bonchev–Trinajstić information content (AvgIpc) is 2.95. The van der Waals surface area contributed by atoms with E-state index in [9.17, 15) is 9.59 Å². The van der Waals surface area contributed by atoms with E-state index < -0.39 is 6.04 Å². The van der Waals surface area contributed by atoms with E-state index in [0.29, 0.717) is 30.1 Å². The van der Waals surface area contributed by atoms with Crippen LogP contribution in [0, 0.1) is 0 Å². The smallest absolute Gasteiger partial charge is 0.255 e. The molecule has 1 N–H and O–H groups in total. The van der Waals surface area contributed by atoms with Gasteiger partial charge in [-0.1, -0.05) is 61.3 Å². The van der Waals surface area contributed by atoms with Crippen LogP contribution in [0.5, 0.6) is 0 Å². The van der Waals surface area contributed by atoms with Gasteiger partial charge in [-0.3, -0.25) is 9.59 Å². The quantitative estimate of drug-likeness (QED) is 0.856. The molecule has 0 aromatic heterocycles. The summed E-state index contributed by atoms with van der Waals surface area (Å²) in [6, 6.07) is 14.5. The van der Waals surface area contributed by atoms with Gasteiger partial charge in [0.2, 0.25) is 5.91 Å². The highest BCUT2D eigenvalue weighted by molar-refractivity contribution is 6.31. The number of carbonyl (C=O) groups is 2. The summed E-state index contributed by atoms with van der Waals surface area (Å²) >= 11 is 6.14. The van der Waals surface area contributed by atoms with Crippen LogP contribution >= 0.6 is 11.6 Å². The zero-order valence-corrected chi connectivity index (χ0v) is 14.9. The van der Waals surface area contributed by atoms with Crippen LogP contribution in [0.2, 0.25) is 5.02 Å². The number of nitrogens with one attached hydrogen (secondary N) is 1. The van der Waals surface area contributed by atoms with Crippen molar-refractivity contribution in [1.82, 2.24) is 10.2 Å². The Bertz CT molecular complexity index is 791. The second kappa shape index (κ2) is 7.70. The van der Waals surface area contributed by atoms with Gasteiger partial charge < -0.3 is 10.2 Å². The van der Waals surface area contributed by atoms with Gasteiger partial charge in [0, 0.05) is 23.7 Å². The van der Waals surface area contributed by atoms with Crippen molar-refractivity contribution in [2.75, 3.05) is 0 Å². The van der Waals surface area contributed by atoms with Crippen molar-refractivity contribution in [3.05, 3.63) is 70.2 Å². The summed E-state index contributed by atoms with van der Waals surface area (Å²) in [4.78, 5) is 27.1. The zero-order chi connectivity index (χ0) is 17.8. The molecule has 0 aliphatic carbocycles. The van der Waals surface area contributed by atoms with Crippen LogP contribution in [0.3, 0.4) is 0 Å². The fourth-order valence-electron chi connectivity index (χ4n) is 3.17. The first-order chi connectivity index (χ1) is 12.1. The maximum Gasteiger partial charge on any atom is 0.255 e. The average molecular weight is 357 g/mol. The molecule has 1 aliphatic rings. The van der Waals surface area contributed by atoms with E-state index in [1.54, 1.807) is 11.0 Å². The summed E-state index contributed by atoms with van der Waals surface area (Å²) in [6.07, 6.45) is 1.46. The lowest BCUT2D eigenvalue weighted by atomic mass is 10.1. The number of halogens is 1. The van der Waals surface area contributed by atoms with Gasteiger partial charge in [-0.2, -0.15) is 0 Å². The Morgan fingerprint density at radius 1 is 1.20 bits per heavy atom. The fraction of sp³-hybridized carbons (Fsp3) is 0.300. The van der Waals surface area contributed by atoms with E-state index in [1.165, 1.54) is 0 Å². The third-order valence-corrected chi connectivity index (χ3v) is 4.87. The molecule has 5 heteroatoms. The number of amides is 2. The third kappa shape index (κ3) is 3.69. The molecule has 4 nitrogen and oxygen atoms in total. The number of carbonyl (C=O) groups excluding carboxylic acids is 2. The van der Waals surface area contributed by atoms with Crippen molar-refractivity contribution < 1.29 is 9.59 Å². The summed E-state index contributed by atoms with van der Waals surface area (Å²) < 4.78 is 0. The SMILES string of the molecule is CCC[C@@H](C(=O)NCc1ccccc1Cl)N1Cc2ccccc2C1=O. The van der Waals surface area contributed by atoms with Crippen LogP contribution in [-0.2, 0) is 17.9 Å². The van der Waals surface area contributed by atoms with Crippen molar-refractivity contribution in [1.29, 1.82) is 0 Å². The molecule has 2 aromatic rings. The van der Waals surface area contributed by atoms with E-state index in [1.807, 2.05) is 49.4 Å². The Morgan fingerprint density at radius 3 is 2.64 bits per heavy atom. The molecular formula is C20H21ClN2O2. The molecule has 0 fully saturated rings. The van der Waals surface area contributed by atoms with E-state index in [-0.39, 0.29) is 11.8 Å². The van der Waals surface area contributed by atoms with Crippen molar-refractivity contribution in [3.63, 3.8) is 0 Å². The maximum absolute atomic E-state index is 12.8. The second-order valence-corrected chi connectivity index (χ2v) is 6.61. The monoisotopic (exact) mass is 356 g/mol. The minimum atomic E-state index is -0.465. The largest absolute Gasteiger partial charge is 0.350 e. The van der Waals surface area contributed by atoms with Gasteiger partial charge in [0.05, 0.1) is 0 Å². The molecule has 2 aromatic carbocycles. The highest BCUT2D eigenvalue weighted by Crippen LogP contribution is 2.26. The Kier molecular flexibility index (Phi) is 5.39. The minimum Gasteiger partial charge on any atom is -0.350 e. The van der Waals surface area contributed by atoms with Gasteiger partial charge in [0.1, 0.15) is 6.04 Å². The molecule has 130 valence electrons. The van der Waals surface area contributed by atoms with Crippen LogP contribution in [0.25, 0.3) is 0 Å². The lowest BCUT2D eigenvalue weighted by Crippen LogP contribution is -2.46. The highest BCUT2D eigenvalue weighted by atomic mass is 35.5. The molecule has 3 rings (SSSR count). The molecular weight excluding hydrogens is 336 g/mol. The third-order valence-electron chi connectivity index (χ3n) is 4.50. The predicted molar refractivity (Wildman–Crippen MR) is 98.3 cm³/mol. The fourth-order valence-corrected chi connectivity index (χ4v) is 3.37. The highest BCUT2D eigenvalue weighted by Gasteiger charge is 2.35. The molecule has 2 amide bonds. The minimum absolute atomic E-state index is 0.0676. The maximum atomic E-state index is 12.8. The molecule has 1 heterocycles. The Hall–Kier alpha value is -2.33. The van der Waals surface area contributed by atoms with E-state index >= 15 is 0 Å². The molecule has 1 aliphatic heterocycles. The topological polar surface area (TPSA) is 49.4 Å². The van der Waals surface area contributed by atoms with Gasteiger partial charge in [-0.05, 0) is 29.7 Å². The van der Waals surface area contributed by atoms with Gasteiger partial charge in [-0.15, -0.1) is 0 Å². The first-order valence-corrected chi connectivity index (χ1v) is 8.89. The Labute approximate surface area is 152 Å². The number of hydrogen-bond acceptors (Lipinski definition) is 2. The molecule has 25 heavy (non-hydrogen) atoms. The molecule has 0 unspecified atom stereocenters. The van der Waals surface area contributed by atoms with Gasteiger partial charge in [0.15, 0.2) is 0 Å². The van der Waals surface area contributed by atoms with Crippen LogP contribution in [0.15, 0.2) is 48.5 Å². The summed E-state index contributed by atoms with van der Waals surface area (Å²) in [5.74, 6) is -0.204. The lowest BCUT2D eigenvalue weighted by Gasteiger charge is -2.26. The van der Waals surface area contributed by atoms with Crippen LogP contribution < -0.4 is 5.32 Å². The lowest BCUT2D eigenvalue weighted by molar-refractivity contribution is -0.126. The molecule has 0 spiro atoms. The Morgan fingerprint density at radius 2 is 1.92 bits per heavy atom. The first kappa shape index (κ1) is 17.5. The zero-order valence-electron chi connectivity index (χ0n) is 14.2. The van der Waals surface area contributed by atoms with E-state index in [2.05, 4.69) is 5.32 Å². The number of benzene rings is 2. The standard InChI is InChI=1S/C20H21ClN2O2/c1-2-7-18(19(24)22-12-14-8-4-6-11-17(14)21)23-13-15-9-3-5-10-16(15)20(23)25/h3-6,8-11,18H,2,7,12-13H2,1H3,(H,22,24)/t18-/m0/s1. The van der Waals surface area contributed by atoms with Crippen molar-refractivity contribution in [2.45, 2.75) is 38.9 Å². The summed E-state index contributed by atoms with van der Waals surface area (Å²) in [5.41, 5.74) is 2.54. The van der Waals surface area contributed by atoms with E-state index in [4.69, 9.17) is 11.6 Å². The summed E-state index contributed by atoms with van der Waals surface area (Å²) in [6.45, 7) is 2.86. The van der Waals surface area contributed by atoms with Gasteiger partial charge in [0.25, 0.3) is 5.91 Å². The van der Waals surface area contributed by atoms with Gasteiger partial charge >= 0.3 is 0 Å². The van der Waals surface area contributed by atoms with E-state index in [0.717, 1.165) is 17.5 Å².